The van der Waals surface area contributed by atoms with Gasteiger partial charge < -0.3 is 15.0 Å². The number of aromatic nitrogens is 3. The molecule has 2 amide bonds. The van der Waals surface area contributed by atoms with Crippen LogP contribution < -0.4 is 5.32 Å². The maximum Gasteiger partial charge on any atom is 0.407 e. The minimum Gasteiger partial charge on any atom is -0.441 e. The molecular formula is C17H19N5O3. The second kappa shape index (κ2) is 6.19. The van der Waals surface area contributed by atoms with E-state index in [9.17, 15) is 9.59 Å². The molecule has 4 heterocycles. The molecule has 25 heavy (non-hydrogen) atoms. The third-order valence-electron chi connectivity index (χ3n) is 4.83. The number of likely N-dealkylation sites (tertiary alicyclic amines) is 1. The maximum atomic E-state index is 12.8. The number of rotatable bonds is 2. The van der Waals surface area contributed by atoms with Crippen molar-refractivity contribution in [1.29, 1.82) is 0 Å². The molecule has 2 fully saturated rings. The van der Waals surface area contributed by atoms with Gasteiger partial charge in [-0.25, -0.2) is 4.79 Å². The SMILES string of the molecule is O=C1NC[C@@]2(CCCN(C(=O)c3cc(-c4ccncc4)n[nH]3)CC2)O1. The lowest BCUT2D eigenvalue weighted by Crippen LogP contribution is -2.36. The Morgan fingerprint density at radius 3 is 2.84 bits per heavy atom. The van der Waals surface area contributed by atoms with Crippen LogP contribution in [0.3, 0.4) is 0 Å². The number of ether oxygens (including phenoxy) is 1. The molecule has 2 saturated heterocycles. The number of nitrogens with zero attached hydrogens (tertiary/aromatic N) is 3. The molecule has 1 spiro atoms. The molecule has 0 unspecified atom stereocenters. The van der Waals surface area contributed by atoms with Gasteiger partial charge in [0.05, 0.1) is 12.2 Å². The Bertz CT molecular complexity index is 791. The monoisotopic (exact) mass is 341 g/mol. The van der Waals surface area contributed by atoms with Crippen molar-refractivity contribution in [3.05, 3.63) is 36.3 Å². The van der Waals surface area contributed by atoms with Gasteiger partial charge in [0.1, 0.15) is 11.3 Å². The molecule has 8 nitrogen and oxygen atoms in total. The van der Waals surface area contributed by atoms with Crippen LogP contribution in [0.15, 0.2) is 30.6 Å². The van der Waals surface area contributed by atoms with Crippen molar-refractivity contribution in [3.63, 3.8) is 0 Å². The summed E-state index contributed by atoms with van der Waals surface area (Å²) in [5.41, 5.74) is 1.61. The molecule has 0 bridgehead atoms. The van der Waals surface area contributed by atoms with Gasteiger partial charge in [-0.1, -0.05) is 0 Å². The van der Waals surface area contributed by atoms with Gasteiger partial charge in [0.25, 0.3) is 5.91 Å². The van der Waals surface area contributed by atoms with Crippen LogP contribution in [0.1, 0.15) is 29.8 Å². The van der Waals surface area contributed by atoms with Gasteiger partial charge in [0, 0.05) is 37.5 Å². The molecule has 2 aliphatic rings. The summed E-state index contributed by atoms with van der Waals surface area (Å²) in [6.07, 6.45) is 5.22. The molecule has 2 aliphatic heterocycles. The highest BCUT2D eigenvalue weighted by atomic mass is 16.6. The van der Waals surface area contributed by atoms with Crippen molar-refractivity contribution in [1.82, 2.24) is 25.4 Å². The molecule has 1 atom stereocenters. The Morgan fingerprint density at radius 2 is 2.08 bits per heavy atom. The largest absolute Gasteiger partial charge is 0.441 e. The van der Waals surface area contributed by atoms with Gasteiger partial charge >= 0.3 is 6.09 Å². The first-order valence-corrected chi connectivity index (χ1v) is 8.37. The molecule has 0 saturated carbocycles. The summed E-state index contributed by atoms with van der Waals surface area (Å²) in [6.45, 7) is 1.71. The van der Waals surface area contributed by atoms with E-state index in [2.05, 4.69) is 20.5 Å². The van der Waals surface area contributed by atoms with E-state index in [0.717, 1.165) is 18.4 Å². The van der Waals surface area contributed by atoms with Crippen molar-refractivity contribution >= 4 is 12.0 Å². The first kappa shape index (κ1) is 15.6. The van der Waals surface area contributed by atoms with Crippen molar-refractivity contribution in [3.8, 4) is 11.3 Å². The Labute approximate surface area is 144 Å². The number of hydrogen-bond donors (Lipinski definition) is 2. The molecule has 0 radical (unpaired) electrons. The van der Waals surface area contributed by atoms with Crippen LogP contribution >= 0.6 is 0 Å². The van der Waals surface area contributed by atoms with E-state index < -0.39 is 5.60 Å². The number of hydrogen-bond acceptors (Lipinski definition) is 5. The van der Waals surface area contributed by atoms with Gasteiger partial charge in [-0.2, -0.15) is 5.10 Å². The molecule has 2 aromatic rings. The highest BCUT2D eigenvalue weighted by Gasteiger charge is 2.42. The third-order valence-corrected chi connectivity index (χ3v) is 4.83. The van der Waals surface area contributed by atoms with Crippen molar-refractivity contribution in [2.75, 3.05) is 19.6 Å². The Kier molecular flexibility index (Phi) is 3.87. The number of aromatic amines is 1. The first-order valence-electron chi connectivity index (χ1n) is 8.37. The van der Waals surface area contributed by atoms with Crippen LogP contribution in [-0.2, 0) is 4.74 Å². The summed E-state index contributed by atoms with van der Waals surface area (Å²) < 4.78 is 5.45. The smallest absolute Gasteiger partial charge is 0.407 e. The highest BCUT2D eigenvalue weighted by Crippen LogP contribution is 2.29. The first-order chi connectivity index (χ1) is 12.2. The van der Waals surface area contributed by atoms with E-state index in [1.54, 1.807) is 23.4 Å². The number of pyridine rings is 1. The second-order valence-corrected chi connectivity index (χ2v) is 6.47. The zero-order chi connectivity index (χ0) is 17.3. The van der Waals surface area contributed by atoms with E-state index in [1.807, 2.05) is 12.1 Å². The fourth-order valence-corrected chi connectivity index (χ4v) is 3.42. The fourth-order valence-electron chi connectivity index (χ4n) is 3.42. The summed E-state index contributed by atoms with van der Waals surface area (Å²) >= 11 is 0. The van der Waals surface area contributed by atoms with Crippen LogP contribution in [0.2, 0.25) is 0 Å². The predicted molar refractivity (Wildman–Crippen MR) is 88.8 cm³/mol. The van der Waals surface area contributed by atoms with Gasteiger partial charge in [-0.05, 0) is 31.0 Å². The Morgan fingerprint density at radius 1 is 1.24 bits per heavy atom. The topological polar surface area (TPSA) is 100 Å². The molecule has 130 valence electrons. The molecule has 0 aliphatic carbocycles. The minimum atomic E-state index is -0.470. The second-order valence-electron chi connectivity index (χ2n) is 6.47. The van der Waals surface area contributed by atoms with E-state index in [-0.39, 0.29) is 12.0 Å². The van der Waals surface area contributed by atoms with Crippen LogP contribution in [0, 0.1) is 0 Å². The standard InChI is InChI=1S/C17H19N5O3/c23-15(14-10-13(20-21-14)12-2-6-18-7-3-12)22-8-1-4-17(5-9-22)11-19-16(24)25-17/h2-3,6-7,10H,1,4-5,8-9,11H2,(H,19,24)(H,20,21)/t17-/m0/s1. The van der Waals surface area contributed by atoms with Crippen molar-refractivity contribution in [2.45, 2.75) is 24.9 Å². The van der Waals surface area contributed by atoms with Gasteiger partial charge in [-0.15, -0.1) is 0 Å². The van der Waals surface area contributed by atoms with Crippen LogP contribution in [0.25, 0.3) is 11.3 Å². The van der Waals surface area contributed by atoms with E-state index in [0.29, 0.717) is 37.4 Å². The van der Waals surface area contributed by atoms with Gasteiger partial charge in [0.2, 0.25) is 0 Å². The van der Waals surface area contributed by atoms with Crippen LogP contribution in [0.5, 0.6) is 0 Å². The number of amides is 2. The lowest BCUT2D eigenvalue weighted by Gasteiger charge is -2.24. The van der Waals surface area contributed by atoms with E-state index in [1.165, 1.54) is 0 Å². The average molecular weight is 341 g/mol. The van der Waals surface area contributed by atoms with Gasteiger partial charge in [-0.3, -0.25) is 14.9 Å². The lowest BCUT2D eigenvalue weighted by atomic mass is 9.95. The van der Waals surface area contributed by atoms with Crippen molar-refractivity contribution < 1.29 is 14.3 Å². The van der Waals surface area contributed by atoms with E-state index in [4.69, 9.17) is 4.74 Å². The quantitative estimate of drug-likeness (QED) is 0.864. The molecule has 4 rings (SSSR count). The summed E-state index contributed by atoms with van der Waals surface area (Å²) in [7, 11) is 0. The highest BCUT2D eigenvalue weighted by molar-refractivity contribution is 5.93. The zero-order valence-corrected chi connectivity index (χ0v) is 13.7. The number of alkyl carbamates (subject to hydrolysis) is 1. The zero-order valence-electron chi connectivity index (χ0n) is 13.7. The molecule has 2 aromatic heterocycles. The van der Waals surface area contributed by atoms with Gasteiger partial charge in [0.15, 0.2) is 0 Å². The third kappa shape index (κ3) is 3.07. The number of H-pyrrole nitrogens is 1. The Balaban J connectivity index is 1.46. The summed E-state index contributed by atoms with van der Waals surface area (Å²) in [4.78, 5) is 29.9. The number of nitrogens with one attached hydrogen (secondary N) is 2. The fraction of sp³-hybridized carbons (Fsp3) is 0.412. The number of carbonyl (C=O) groups is 2. The molecular weight excluding hydrogens is 322 g/mol. The maximum absolute atomic E-state index is 12.8. The minimum absolute atomic E-state index is 0.0814. The lowest BCUT2D eigenvalue weighted by molar-refractivity contribution is 0.0438. The average Bonchev–Trinajstić information content (AvgIpc) is 3.20. The summed E-state index contributed by atoms with van der Waals surface area (Å²) in [5, 5.41) is 9.78. The van der Waals surface area contributed by atoms with Crippen molar-refractivity contribution in [2.24, 2.45) is 0 Å². The van der Waals surface area contributed by atoms with Crippen LogP contribution in [-0.4, -0.2) is 57.3 Å². The van der Waals surface area contributed by atoms with E-state index >= 15 is 0 Å². The number of carbonyl (C=O) groups excluding carboxylic acids is 2. The molecule has 0 aromatic carbocycles. The molecule has 8 heteroatoms. The molecule has 2 N–H and O–H groups in total. The predicted octanol–water partition coefficient (Wildman–Crippen LogP) is 1.58. The normalized spacial score (nSPS) is 23.2. The summed E-state index contributed by atoms with van der Waals surface area (Å²) in [6, 6.07) is 5.46. The summed E-state index contributed by atoms with van der Waals surface area (Å²) in [5.74, 6) is -0.0814. The Hall–Kier alpha value is -2.90. The van der Waals surface area contributed by atoms with Crippen LogP contribution in [0.4, 0.5) is 4.79 Å².